The van der Waals surface area contributed by atoms with Crippen LogP contribution >= 0.6 is 0 Å². The number of aromatic nitrogens is 3. The van der Waals surface area contributed by atoms with Gasteiger partial charge >= 0.3 is 0 Å². The molecule has 21 heavy (non-hydrogen) atoms. The molecule has 2 heterocycles. The maximum absolute atomic E-state index is 6.16. The molecular formula is C16H23N5. The van der Waals surface area contributed by atoms with Gasteiger partial charge in [-0.1, -0.05) is 17.2 Å². The molecule has 0 spiro atoms. The predicted molar refractivity (Wildman–Crippen MR) is 85.3 cm³/mol. The van der Waals surface area contributed by atoms with Crippen LogP contribution in [0.1, 0.15) is 30.9 Å². The molecule has 2 aromatic rings. The Morgan fingerprint density at radius 3 is 2.67 bits per heavy atom. The van der Waals surface area contributed by atoms with E-state index in [4.69, 9.17) is 5.73 Å². The summed E-state index contributed by atoms with van der Waals surface area (Å²) in [5.41, 5.74) is 9.71. The number of benzene rings is 1. The van der Waals surface area contributed by atoms with Crippen molar-refractivity contribution in [1.29, 1.82) is 0 Å². The van der Waals surface area contributed by atoms with Gasteiger partial charge in [0, 0.05) is 24.2 Å². The van der Waals surface area contributed by atoms with E-state index in [1.54, 1.807) is 0 Å². The first kappa shape index (κ1) is 14.1. The minimum absolute atomic E-state index is 0.196. The molecule has 0 radical (unpaired) electrons. The van der Waals surface area contributed by atoms with E-state index in [1.807, 2.05) is 0 Å². The van der Waals surface area contributed by atoms with Crippen molar-refractivity contribution in [2.24, 2.45) is 5.73 Å². The highest BCUT2D eigenvalue weighted by atomic mass is 15.4. The highest BCUT2D eigenvalue weighted by molar-refractivity contribution is 5.59. The third kappa shape index (κ3) is 2.78. The lowest BCUT2D eigenvalue weighted by atomic mass is 9.99. The maximum Gasteiger partial charge on any atom is 0.245 e. The SMILES string of the molecule is Cc1cc(C)cc(-c2nc(N3CCCC(N)C3C)n[nH]2)c1. The summed E-state index contributed by atoms with van der Waals surface area (Å²) >= 11 is 0. The first-order chi connectivity index (χ1) is 10.0. The van der Waals surface area contributed by atoms with E-state index in [-0.39, 0.29) is 12.1 Å². The molecule has 112 valence electrons. The lowest BCUT2D eigenvalue weighted by Gasteiger charge is -2.36. The van der Waals surface area contributed by atoms with Crippen molar-refractivity contribution in [1.82, 2.24) is 15.2 Å². The summed E-state index contributed by atoms with van der Waals surface area (Å²) in [6.07, 6.45) is 2.17. The summed E-state index contributed by atoms with van der Waals surface area (Å²) in [6, 6.07) is 6.89. The Morgan fingerprint density at radius 2 is 1.95 bits per heavy atom. The normalized spacial score (nSPS) is 22.6. The fraction of sp³-hybridized carbons (Fsp3) is 0.500. The lowest BCUT2D eigenvalue weighted by molar-refractivity contribution is 0.416. The van der Waals surface area contributed by atoms with Crippen LogP contribution in [0.5, 0.6) is 0 Å². The number of aryl methyl sites for hydroxylation is 2. The monoisotopic (exact) mass is 285 g/mol. The number of nitrogens with zero attached hydrogens (tertiary/aromatic N) is 3. The Bertz CT molecular complexity index is 613. The van der Waals surface area contributed by atoms with Gasteiger partial charge in [-0.2, -0.15) is 4.98 Å². The number of nitrogens with one attached hydrogen (secondary N) is 1. The molecule has 5 nitrogen and oxygen atoms in total. The summed E-state index contributed by atoms with van der Waals surface area (Å²) in [4.78, 5) is 6.88. The molecule has 0 aliphatic carbocycles. The Balaban J connectivity index is 1.89. The Kier molecular flexibility index (Phi) is 3.68. The average molecular weight is 285 g/mol. The Labute approximate surface area is 125 Å². The van der Waals surface area contributed by atoms with E-state index in [9.17, 15) is 0 Å². The van der Waals surface area contributed by atoms with Gasteiger partial charge in [-0.3, -0.25) is 5.10 Å². The topological polar surface area (TPSA) is 70.8 Å². The van der Waals surface area contributed by atoms with Crippen LogP contribution in [0.25, 0.3) is 11.4 Å². The summed E-state index contributed by atoms with van der Waals surface area (Å²) in [5.74, 6) is 1.58. The Hall–Kier alpha value is -1.88. The van der Waals surface area contributed by atoms with Crippen LogP contribution in [0.3, 0.4) is 0 Å². The summed E-state index contributed by atoms with van der Waals surface area (Å²) in [6.45, 7) is 7.31. The van der Waals surface area contributed by atoms with Crippen LogP contribution in [0.4, 0.5) is 5.95 Å². The van der Waals surface area contributed by atoms with Crippen molar-refractivity contribution in [3.05, 3.63) is 29.3 Å². The zero-order chi connectivity index (χ0) is 15.0. The number of rotatable bonds is 2. The zero-order valence-electron chi connectivity index (χ0n) is 12.9. The van der Waals surface area contributed by atoms with Gasteiger partial charge < -0.3 is 10.6 Å². The zero-order valence-corrected chi connectivity index (χ0v) is 12.9. The third-order valence-electron chi connectivity index (χ3n) is 4.27. The smallest absolute Gasteiger partial charge is 0.245 e. The highest BCUT2D eigenvalue weighted by Gasteiger charge is 2.27. The minimum Gasteiger partial charge on any atom is -0.335 e. The molecule has 5 heteroatoms. The Morgan fingerprint density at radius 1 is 1.24 bits per heavy atom. The molecule has 0 bridgehead atoms. The molecule has 1 aliphatic rings. The quantitative estimate of drug-likeness (QED) is 0.889. The maximum atomic E-state index is 6.16. The summed E-state index contributed by atoms with van der Waals surface area (Å²) in [7, 11) is 0. The fourth-order valence-corrected chi connectivity index (χ4v) is 3.08. The molecular weight excluding hydrogens is 262 g/mol. The van der Waals surface area contributed by atoms with E-state index < -0.39 is 0 Å². The number of piperidine rings is 1. The molecule has 1 aromatic heterocycles. The molecule has 3 rings (SSSR count). The van der Waals surface area contributed by atoms with Crippen LogP contribution in [0.2, 0.25) is 0 Å². The number of hydrogen-bond donors (Lipinski definition) is 2. The van der Waals surface area contributed by atoms with Gasteiger partial charge in [-0.25, -0.2) is 0 Å². The number of hydrogen-bond acceptors (Lipinski definition) is 4. The molecule has 2 unspecified atom stereocenters. The second-order valence-corrected chi connectivity index (χ2v) is 6.10. The molecule has 1 aromatic carbocycles. The first-order valence-electron chi connectivity index (χ1n) is 7.58. The lowest BCUT2D eigenvalue weighted by Crippen LogP contribution is -2.50. The fourth-order valence-electron chi connectivity index (χ4n) is 3.08. The second-order valence-electron chi connectivity index (χ2n) is 6.10. The first-order valence-corrected chi connectivity index (χ1v) is 7.58. The van der Waals surface area contributed by atoms with Gasteiger partial charge in [-0.15, -0.1) is 5.10 Å². The predicted octanol–water partition coefficient (Wildman–Crippen LogP) is 2.40. The van der Waals surface area contributed by atoms with Crippen molar-refractivity contribution in [3.8, 4) is 11.4 Å². The number of aromatic amines is 1. The van der Waals surface area contributed by atoms with E-state index in [0.717, 1.165) is 36.7 Å². The third-order valence-corrected chi connectivity index (χ3v) is 4.27. The average Bonchev–Trinajstić information content (AvgIpc) is 2.90. The molecule has 3 N–H and O–H groups in total. The van der Waals surface area contributed by atoms with Crippen LogP contribution < -0.4 is 10.6 Å². The number of anilines is 1. The van der Waals surface area contributed by atoms with Gasteiger partial charge in [-0.05, 0) is 45.7 Å². The van der Waals surface area contributed by atoms with Crippen molar-refractivity contribution >= 4 is 5.95 Å². The van der Waals surface area contributed by atoms with E-state index in [1.165, 1.54) is 11.1 Å². The van der Waals surface area contributed by atoms with Gasteiger partial charge in [0.15, 0.2) is 5.82 Å². The molecule has 1 fully saturated rings. The van der Waals surface area contributed by atoms with E-state index in [2.05, 4.69) is 59.1 Å². The molecule has 2 atom stereocenters. The summed E-state index contributed by atoms with van der Waals surface area (Å²) < 4.78 is 0. The second kappa shape index (κ2) is 5.48. The van der Waals surface area contributed by atoms with Gasteiger partial charge in [0.05, 0.1) is 0 Å². The van der Waals surface area contributed by atoms with Crippen molar-refractivity contribution in [2.75, 3.05) is 11.4 Å². The van der Waals surface area contributed by atoms with Crippen molar-refractivity contribution < 1.29 is 0 Å². The van der Waals surface area contributed by atoms with Crippen molar-refractivity contribution in [2.45, 2.75) is 45.7 Å². The van der Waals surface area contributed by atoms with Crippen molar-refractivity contribution in [3.63, 3.8) is 0 Å². The van der Waals surface area contributed by atoms with E-state index in [0.29, 0.717) is 0 Å². The van der Waals surface area contributed by atoms with Gasteiger partial charge in [0.2, 0.25) is 5.95 Å². The van der Waals surface area contributed by atoms with Gasteiger partial charge in [0.1, 0.15) is 0 Å². The van der Waals surface area contributed by atoms with Crippen LogP contribution in [0, 0.1) is 13.8 Å². The van der Waals surface area contributed by atoms with Crippen LogP contribution in [-0.4, -0.2) is 33.8 Å². The van der Waals surface area contributed by atoms with E-state index >= 15 is 0 Å². The van der Waals surface area contributed by atoms with Crippen LogP contribution in [-0.2, 0) is 0 Å². The van der Waals surface area contributed by atoms with Crippen LogP contribution in [0.15, 0.2) is 18.2 Å². The molecule has 0 saturated carbocycles. The summed E-state index contributed by atoms with van der Waals surface area (Å²) in [5, 5.41) is 7.46. The molecule has 0 amide bonds. The standard InChI is InChI=1S/C16H23N5/c1-10-7-11(2)9-13(8-10)15-18-16(20-19-15)21-6-4-5-14(17)12(21)3/h7-9,12,14H,4-6,17H2,1-3H3,(H,18,19,20). The number of H-pyrrole nitrogens is 1. The minimum atomic E-state index is 0.196. The number of nitrogens with two attached hydrogens (primary N) is 1. The highest BCUT2D eigenvalue weighted by Crippen LogP contribution is 2.24. The molecule has 1 saturated heterocycles. The largest absolute Gasteiger partial charge is 0.335 e. The molecule has 1 aliphatic heterocycles. The van der Waals surface area contributed by atoms with Gasteiger partial charge in [0.25, 0.3) is 0 Å².